The lowest BCUT2D eigenvalue weighted by Gasteiger charge is -2.12. The number of amidine groups is 2. The van der Waals surface area contributed by atoms with Crippen LogP contribution in [0.1, 0.15) is 22.3 Å². The van der Waals surface area contributed by atoms with Crippen molar-refractivity contribution in [3.63, 3.8) is 0 Å². The normalized spacial score (nSPS) is 10.3. The lowest BCUT2D eigenvalue weighted by molar-refractivity contribution is 0.298. The van der Waals surface area contributed by atoms with Crippen LogP contribution in [-0.4, -0.2) is 18.8 Å². The minimum Gasteiger partial charge on any atom is -0.497 e. The molecule has 6 N–H and O–H groups in total. The van der Waals surface area contributed by atoms with Crippen LogP contribution in [0.15, 0.2) is 66.7 Å². The second-order valence-corrected chi connectivity index (χ2v) is 6.64. The Kier molecular flexibility index (Phi) is 6.54. The molecule has 0 aliphatic heterocycles. The van der Waals surface area contributed by atoms with Gasteiger partial charge < -0.3 is 25.7 Å². The predicted molar refractivity (Wildman–Crippen MR) is 117 cm³/mol. The van der Waals surface area contributed by atoms with Crippen molar-refractivity contribution in [2.45, 2.75) is 13.2 Å². The fraction of sp³-hybridized carbons (Fsp3) is 0.130. The molecule has 154 valence electrons. The SMILES string of the molecule is COc1cc(COc2ccc(C(=N)N)cc2)cc(COc2ccc(C(=N)N)cc2)c1. The lowest BCUT2D eigenvalue weighted by Crippen LogP contribution is -2.10. The van der Waals surface area contributed by atoms with Gasteiger partial charge in [0.05, 0.1) is 7.11 Å². The highest BCUT2D eigenvalue weighted by molar-refractivity contribution is 5.95. The van der Waals surface area contributed by atoms with E-state index in [9.17, 15) is 0 Å². The lowest BCUT2D eigenvalue weighted by atomic mass is 10.1. The van der Waals surface area contributed by atoms with E-state index in [1.807, 2.05) is 18.2 Å². The van der Waals surface area contributed by atoms with Crippen molar-refractivity contribution < 1.29 is 14.2 Å². The number of methoxy groups -OCH3 is 1. The monoisotopic (exact) mass is 404 g/mol. The zero-order chi connectivity index (χ0) is 21.5. The first-order chi connectivity index (χ1) is 14.4. The molecule has 0 unspecified atom stereocenters. The van der Waals surface area contributed by atoms with E-state index >= 15 is 0 Å². The van der Waals surface area contributed by atoms with Crippen LogP contribution in [0.25, 0.3) is 0 Å². The molecule has 3 rings (SSSR count). The van der Waals surface area contributed by atoms with Crippen LogP contribution < -0.4 is 25.7 Å². The van der Waals surface area contributed by atoms with Gasteiger partial charge in [0.15, 0.2) is 0 Å². The van der Waals surface area contributed by atoms with E-state index in [4.69, 9.17) is 36.5 Å². The summed E-state index contributed by atoms with van der Waals surface area (Å²) in [5, 5.41) is 14.9. The van der Waals surface area contributed by atoms with Crippen molar-refractivity contribution in [3.05, 3.63) is 89.0 Å². The summed E-state index contributed by atoms with van der Waals surface area (Å²) in [6.07, 6.45) is 0. The van der Waals surface area contributed by atoms with E-state index in [0.29, 0.717) is 41.6 Å². The maximum absolute atomic E-state index is 7.44. The highest BCUT2D eigenvalue weighted by Gasteiger charge is 2.06. The maximum Gasteiger partial charge on any atom is 0.122 e. The Balaban J connectivity index is 1.65. The molecule has 7 nitrogen and oxygen atoms in total. The number of nitrogens with two attached hydrogens (primary N) is 2. The van der Waals surface area contributed by atoms with Gasteiger partial charge in [-0.15, -0.1) is 0 Å². The third-order valence-electron chi connectivity index (χ3n) is 4.40. The third kappa shape index (κ3) is 5.51. The average Bonchev–Trinajstić information content (AvgIpc) is 2.76. The van der Waals surface area contributed by atoms with Crippen LogP contribution in [0, 0.1) is 10.8 Å². The number of nitrogens with one attached hydrogen (secondary N) is 2. The molecule has 0 bridgehead atoms. The third-order valence-corrected chi connectivity index (χ3v) is 4.40. The van der Waals surface area contributed by atoms with Gasteiger partial charge in [0.25, 0.3) is 0 Å². The van der Waals surface area contributed by atoms with Crippen LogP contribution in [-0.2, 0) is 13.2 Å². The van der Waals surface area contributed by atoms with Crippen LogP contribution in [0.3, 0.4) is 0 Å². The largest absolute Gasteiger partial charge is 0.497 e. The van der Waals surface area contributed by atoms with Gasteiger partial charge in [-0.2, -0.15) is 0 Å². The van der Waals surface area contributed by atoms with Gasteiger partial charge in [-0.05, 0) is 77.9 Å². The molecule has 7 heteroatoms. The van der Waals surface area contributed by atoms with Crippen molar-refractivity contribution in [1.82, 2.24) is 0 Å². The van der Waals surface area contributed by atoms with Crippen molar-refractivity contribution in [1.29, 1.82) is 10.8 Å². The minimum atomic E-state index is 0.0231. The molecule has 0 saturated heterocycles. The van der Waals surface area contributed by atoms with E-state index in [0.717, 1.165) is 11.1 Å². The van der Waals surface area contributed by atoms with Gasteiger partial charge in [-0.25, -0.2) is 0 Å². The smallest absolute Gasteiger partial charge is 0.122 e. The number of ether oxygens (including phenoxy) is 3. The van der Waals surface area contributed by atoms with Crippen LogP contribution in [0.4, 0.5) is 0 Å². The second-order valence-electron chi connectivity index (χ2n) is 6.64. The molecule has 0 aliphatic carbocycles. The quantitative estimate of drug-likeness (QED) is 0.321. The molecule has 3 aromatic rings. The maximum atomic E-state index is 7.44. The molecule has 0 aliphatic rings. The van der Waals surface area contributed by atoms with E-state index in [-0.39, 0.29) is 11.7 Å². The number of hydrogen-bond donors (Lipinski definition) is 4. The first kappa shape index (κ1) is 20.7. The summed E-state index contributed by atoms with van der Waals surface area (Å²) < 4.78 is 17.1. The van der Waals surface area contributed by atoms with E-state index < -0.39 is 0 Å². The number of benzene rings is 3. The standard InChI is InChI=1S/C23H24N4O3/c1-28-21-11-15(13-29-19-6-2-17(3-7-19)22(24)25)10-16(12-21)14-30-20-8-4-18(5-9-20)23(26)27/h2-12H,13-14H2,1H3,(H3,24,25)(H3,26,27). The van der Waals surface area contributed by atoms with Crippen molar-refractivity contribution in [2.75, 3.05) is 7.11 Å². The molecule has 0 heterocycles. The molecule has 0 aromatic heterocycles. The number of rotatable bonds is 9. The second kappa shape index (κ2) is 9.47. The molecule has 0 saturated carbocycles. The molecular weight excluding hydrogens is 380 g/mol. The van der Waals surface area contributed by atoms with Crippen molar-refractivity contribution in [3.8, 4) is 17.2 Å². The molecule has 0 fully saturated rings. The molecular formula is C23H24N4O3. The zero-order valence-corrected chi connectivity index (χ0v) is 16.6. The summed E-state index contributed by atoms with van der Waals surface area (Å²) in [5.74, 6) is 2.13. The summed E-state index contributed by atoms with van der Waals surface area (Å²) in [6.45, 7) is 0.716. The van der Waals surface area contributed by atoms with Gasteiger partial charge >= 0.3 is 0 Å². The fourth-order valence-electron chi connectivity index (χ4n) is 2.81. The number of hydrogen-bond acceptors (Lipinski definition) is 5. The Labute approximate surface area is 175 Å². The van der Waals surface area contributed by atoms with Crippen molar-refractivity contribution in [2.24, 2.45) is 11.5 Å². The van der Waals surface area contributed by atoms with E-state index in [2.05, 4.69) is 0 Å². The van der Waals surface area contributed by atoms with Crippen LogP contribution >= 0.6 is 0 Å². The molecule has 3 aromatic carbocycles. The highest BCUT2D eigenvalue weighted by atomic mass is 16.5. The van der Waals surface area contributed by atoms with E-state index in [1.54, 1.807) is 55.6 Å². The summed E-state index contributed by atoms with van der Waals surface area (Å²) in [7, 11) is 1.62. The first-order valence-corrected chi connectivity index (χ1v) is 9.26. The van der Waals surface area contributed by atoms with Gasteiger partial charge in [0.2, 0.25) is 0 Å². The minimum absolute atomic E-state index is 0.0231. The average molecular weight is 404 g/mol. The first-order valence-electron chi connectivity index (χ1n) is 9.26. The van der Waals surface area contributed by atoms with Crippen LogP contribution in [0.5, 0.6) is 17.2 Å². The fourth-order valence-corrected chi connectivity index (χ4v) is 2.81. The summed E-state index contributed by atoms with van der Waals surface area (Å²) in [5.41, 5.74) is 14.1. The number of nitrogen functional groups attached to an aromatic ring is 2. The van der Waals surface area contributed by atoms with Gasteiger partial charge in [0.1, 0.15) is 42.1 Å². The molecule has 30 heavy (non-hydrogen) atoms. The molecule has 0 atom stereocenters. The topological polar surface area (TPSA) is 127 Å². The van der Waals surface area contributed by atoms with Gasteiger partial charge in [0, 0.05) is 11.1 Å². The van der Waals surface area contributed by atoms with Crippen LogP contribution in [0.2, 0.25) is 0 Å². The summed E-state index contributed by atoms with van der Waals surface area (Å²) in [6, 6.07) is 20.0. The summed E-state index contributed by atoms with van der Waals surface area (Å²) in [4.78, 5) is 0. The molecule has 0 radical (unpaired) electrons. The Bertz CT molecular complexity index is 952. The molecule has 0 amide bonds. The summed E-state index contributed by atoms with van der Waals surface area (Å²) >= 11 is 0. The Hall–Kier alpha value is -4.00. The van der Waals surface area contributed by atoms with E-state index in [1.165, 1.54) is 0 Å². The Morgan fingerprint density at radius 1 is 0.667 bits per heavy atom. The Morgan fingerprint density at radius 3 is 1.40 bits per heavy atom. The molecule has 0 spiro atoms. The van der Waals surface area contributed by atoms with Crippen molar-refractivity contribution >= 4 is 11.7 Å². The van der Waals surface area contributed by atoms with Gasteiger partial charge in [-0.1, -0.05) is 0 Å². The van der Waals surface area contributed by atoms with Gasteiger partial charge in [-0.3, -0.25) is 10.8 Å². The predicted octanol–water partition coefficient (Wildman–Crippen LogP) is 3.42. The highest BCUT2D eigenvalue weighted by Crippen LogP contribution is 2.21. The zero-order valence-electron chi connectivity index (χ0n) is 16.6. The Morgan fingerprint density at radius 2 is 1.07 bits per heavy atom.